The number of ether oxygens (including phenoxy) is 2. The number of nitrogens with zero attached hydrogens (tertiary/aromatic N) is 6. The van der Waals surface area contributed by atoms with Crippen molar-refractivity contribution >= 4 is 23.4 Å². The molecular formula is C37H49N9O4. The standard InChI is InChI=1S/C37H49N9O4/c1-36(2,3)29-21-30(41-31(40-29)22-38-33(47)15-16-45-17-19-49-20-18-45)42-35(48)39-27-12-13-28(26-10-8-7-9-25(26)27)50-24-11-14-32-43-44-34(37(4,5)6)46(32)23-24/h7-11,14,21,23,27-28H,12-13,15-20,22H2,1-6H3,(H,38,47)(H2,39,40,41,42,48)/t27-,28+/m0/s1. The van der Waals surface area contributed by atoms with Gasteiger partial charge in [0, 0.05) is 43.0 Å². The molecule has 13 heteroatoms. The van der Waals surface area contributed by atoms with E-state index in [0.717, 1.165) is 47.1 Å². The molecule has 4 aromatic rings. The van der Waals surface area contributed by atoms with E-state index in [1.54, 1.807) is 6.07 Å². The molecule has 1 aliphatic carbocycles. The molecule has 4 heterocycles. The van der Waals surface area contributed by atoms with E-state index in [4.69, 9.17) is 14.5 Å². The summed E-state index contributed by atoms with van der Waals surface area (Å²) in [5.41, 5.74) is 3.12. The summed E-state index contributed by atoms with van der Waals surface area (Å²) in [5.74, 6) is 2.35. The van der Waals surface area contributed by atoms with Crippen molar-refractivity contribution in [1.82, 2.24) is 40.1 Å². The van der Waals surface area contributed by atoms with Gasteiger partial charge in [-0.2, -0.15) is 0 Å². The van der Waals surface area contributed by atoms with Gasteiger partial charge < -0.3 is 20.1 Å². The number of urea groups is 1. The highest BCUT2D eigenvalue weighted by Crippen LogP contribution is 2.39. The van der Waals surface area contributed by atoms with E-state index >= 15 is 0 Å². The van der Waals surface area contributed by atoms with Crippen molar-refractivity contribution in [2.45, 2.75) is 90.3 Å². The molecule has 0 saturated carbocycles. The van der Waals surface area contributed by atoms with Crippen LogP contribution in [0.2, 0.25) is 0 Å². The van der Waals surface area contributed by atoms with Crippen molar-refractivity contribution in [3.63, 3.8) is 0 Å². The fraction of sp³-hybridized carbons (Fsp3) is 0.514. The van der Waals surface area contributed by atoms with Gasteiger partial charge in [-0.25, -0.2) is 14.8 Å². The van der Waals surface area contributed by atoms with Crippen molar-refractivity contribution in [2.75, 3.05) is 38.2 Å². The highest BCUT2D eigenvalue weighted by molar-refractivity contribution is 5.88. The average molecular weight is 684 g/mol. The quantitative estimate of drug-likeness (QED) is 0.216. The summed E-state index contributed by atoms with van der Waals surface area (Å²) in [6.45, 7) is 16.4. The maximum atomic E-state index is 13.4. The molecule has 0 radical (unpaired) electrons. The minimum absolute atomic E-state index is 0.0688. The molecule has 0 spiro atoms. The van der Waals surface area contributed by atoms with Crippen LogP contribution in [0.25, 0.3) is 5.65 Å². The Balaban J connectivity index is 1.11. The van der Waals surface area contributed by atoms with Gasteiger partial charge in [0.1, 0.15) is 29.3 Å². The Labute approximate surface area is 293 Å². The number of pyridine rings is 1. The number of anilines is 1. The number of carbonyl (C=O) groups excluding carboxylic acids is 2. The summed E-state index contributed by atoms with van der Waals surface area (Å²) < 4.78 is 13.9. The second kappa shape index (κ2) is 14.7. The number of morpholine rings is 1. The van der Waals surface area contributed by atoms with Gasteiger partial charge in [-0.3, -0.25) is 19.4 Å². The molecule has 0 bridgehead atoms. The average Bonchev–Trinajstić information content (AvgIpc) is 3.52. The molecule has 0 unspecified atom stereocenters. The zero-order valence-electron chi connectivity index (χ0n) is 30.0. The van der Waals surface area contributed by atoms with Crippen LogP contribution < -0.4 is 20.7 Å². The van der Waals surface area contributed by atoms with Gasteiger partial charge in [-0.1, -0.05) is 65.8 Å². The number of amides is 3. The van der Waals surface area contributed by atoms with Crippen LogP contribution in [0.1, 0.15) is 101 Å². The van der Waals surface area contributed by atoms with Gasteiger partial charge >= 0.3 is 6.03 Å². The third-order valence-corrected chi connectivity index (χ3v) is 9.05. The van der Waals surface area contributed by atoms with E-state index in [2.05, 4.69) is 83.6 Å². The lowest BCUT2D eigenvalue weighted by Gasteiger charge is -2.32. The summed E-state index contributed by atoms with van der Waals surface area (Å²) in [6.07, 6.45) is 3.56. The predicted molar refractivity (Wildman–Crippen MR) is 190 cm³/mol. The largest absolute Gasteiger partial charge is 0.484 e. The first kappa shape index (κ1) is 35.2. The summed E-state index contributed by atoms with van der Waals surface area (Å²) in [6, 6.07) is 13.1. The molecule has 266 valence electrons. The van der Waals surface area contributed by atoms with Crippen molar-refractivity contribution in [3.05, 3.63) is 77.1 Å². The van der Waals surface area contributed by atoms with Crippen LogP contribution in [0.15, 0.2) is 48.7 Å². The summed E-state index contributed by atoms with van der Waals surface area (Å²) in [4.78, 5) is 37.6. The van der Waals surface area contributed by atoms with E-state index in [9.17, 15) is 9.59 Å². The summed E-state index contributed by atoms with van der Waals surface area (Å²) >= 11 is 0. The first-order valence-electron chi connectivity index (χ1n) is 17.5. The van der Waals surface area contributed by atoms with E-state index in [1.165, 1.54) is 0 Å². The molecule has 1 fully saturated rings. The number of rotatable bonds is 9. The van der Waals surface area contributed by atoms with E-state index in [-0.39, 0.29) is 41.5 Å². The fourth-order valence-corrected chi connectivity index (χ4v) is 6.33. The molecule has 3 N–H and O–H groups in total. The fourth-order valence-electron chi connectivity index (χ4n) is 6.33. The third kappa shape index (κ3) is 8.56. The Morgan fingerprint density at radius 3 is 2.44 bits per heavy atom. The van der Waals surface area contributed by atoms with Crippen LogP contribution in [0.3, 0.4) is 0 Å². The number of nitrogens with one attached hydrogen (secondary N) is 3. The normalized spacial score (nSPS) is 18.4. The number of hydrogen-bond donors (Lipinski definition) is 3. The monoisotopic (exact) mass is 683 g/mol. The molecule has 6 rings (SSSR count). The van der Waals surface area contributed by atoms with Gasteiger partial charge in [0.05, 0.1) is 37.7 Å². The highest BCUT2D eigenvalue weighted by atomic mass is 16.5. The minimum atomic E-state index is -0.365. The van der Waals surface area contributed by atoms with Crippen molar-refractivity contribution in [2.24, 2.45) is 0 Å². The first-order valence-corrected chi connectivity index (χ1v) is 17.5. The lowest BCUT2D eigenvalue weighted by molar-refractivity contribution is -0.121. The van der Waals surface area contributed by atoms with Crippen molar-refractivity contribution < 1.29 is 19.1 Å². The number of carbonyl (C=O) groups is 2. The lowest BCUT2D eigenvalue weighted by Crippen LogP contribution is -2.38. The predicted octanol–water partition coefficient (Wildman–Crippen LogP) is 5.23. The van der Waals surface area contributed by atoms with Crippen LogP contribution in [0, 0.1) is 0 Å². The zero-order valence-corrected chi connectivity index (χ0v) is 30.0. The molecule has 2 aliphatic rings. The van der Waals surface area contributed by atoms with E-state index in [0.29, 0.717) is 50.7 Å². The van der Waals surface area contributed by atoms with E-state index < -0.39 is 0 Å². The number of hydrogen-bond acceptors (Lipinski definition) is 9. The smallest absolute Gasteiger partial charge is 0.320 e. The van der Waals surface area contributed by atoms with Crippen LogP contribution in [-0.4, -0.2) is 74.3 Å². The second-order valence-electron chi connectivity index (χ2n) is 15.1. The Morgan fingerprint density at radius 2 is 1.70 bits per heavy atom. The van der Waals surface area contributed by atoms with Crippen molar-refractivity contribution in [1.29, 1.82) is 0 Å². The van der Waals surface area contributed by atoms with Crippen molar-refractivity contribution in [3.8, 4) is 5.75 Å². The molecule has 50 heavy (non-hydrogen) atoms. The number of fused-ring (bicyclic) bond motifs is 2. The maximum absolute atomic E-state index is 13.4. The van der Waals surface area contributed by atoms with Gasteiger partial charge in [0.25, 0.3) is 0 Å². The van der Waals surface area contributed by atoms with Crippen LogP contribution in [0.4, 0.5) is 10.6 Å². The second-order valence-corrected chi connectivity index (χ2v) is 15.1. The van der Waals surface area contributed by atoms with Gasteiger partial charge in [-0.15, -0.1) is 10.2 Å². The molecule has 3 aromatic heterocycles. The minimum Gasteiger partial charge on any atom is -0.484 e. The third-order valence-electron chi connectivity index (χ3n) is 9.05. The molecule has 1 aromatic carbocycles. The highest BCUT2D eigenvalue weighted by Gasteiger charge is 2.30. The topological polar surface area (TPSA) is 148 Å². The molecule has 13 nitrogen and oxygen atoms in total. The maximum Gasteiger partial charge on any atom is 0.320 e. The Hall–Kier alpha value is -4.62. The first-order chi connectivity index (χ1) is 23.8. The molecular weight excluding hydrogens is 634 g/mol. The Kier molecular flexibility index (Phi) is 10.4. The van der Waals surface area contributed by atoms with Gasteiger partial charge in [-0.05, 0) is 36.1 Å². The van der Waals surface area contributed by atoms with Crippen LogP contribution >= 0.6 is 0 Å². The molecule has 3 amide bonds. The molecule has 1 saturated heterocycles. The summed E-state index contributed by atoms with van der Waals surface area (Å²) in [7, 11) is 0. The number of benzene rings is 1. The lowest BCUT2D eigenvalue weighted by atomic mass is 9.85. The van der Waals surface area contributed by atoms with Gasteiger partial charge in [0.15, 0.2) is 5.65 Å². The van der Waals surface area contributed by atoms with Gasteiger partial charge in [0.2, 0.25) is 5.91 Å². The Morgan fingerprint density at radius 1 is 0.940 bits per heavy atom. The zero-order chi connectivity index (χ0) is 35.5. The van der Waals surface area contributed by atoms with Crippen LogP contribution in [-0.2, 0) is 26.9 Å². The molecule has 1 aliphatic heterocycles. The van der Waals surface area contributed by atoms with Crippen LogP contribution in [0.5, 0.6) is 5.75 Å². The molecule has 2 atom stereocenters. The SMILES string of the molecule is CC(C)(C)c1cc(NC(=O)N[C@H]2CC[C@@H](Oc3ccc4nnc(C(C)(C)C)n4c3)c3ccccc32)nc(CNC(=O)CCN2CCOCC2)n1. The van der Waals surface area contributed by atoms with E-state index in [1.807, 2.05) is 40.9 Å². The number of aromatic nitrogens is 5. The Bertz CT molecular complexity index is 1820. The summed E-state index contributed by atoms with van der Waals surface area (Å²) in [5, 5.41) is 17.8.